The Bertz CT molecular complexity index is 530. The molecule has 5 nitrogen and oxygen atoms in total. The van der Waals surface area contributed by atoms with E-state index in [4.69, 9.17) is 9.47 Å². The minimum absolute atomic E-state index is 0.107. The fourth-order valence-electron chi connectivity index (χ4n) is 1.66. The molecule has 0 bridgehead atoms. The second-order valence-corrected chi connectivity index (χ2v) is 3.72. The van der Waals surface area contributed by atoms with E-state index in [1.807, 2.05) is 0 Å². The van der Waals surface area contributed by atoms with E-state index in [-0.39, 0.29) is 12.0 Å². The van der Waals surface area contributed by atoms with E-state index in [0.717, 1.165) is 0 Å². The normalized spacial score (nSPS) is 13.9. The second kappa shape index (κ2) is 4.91. The van der Waals surface area contributed by atoms with Crippen LogP contribution in [0.1, 0.15) is 12.0 Å². The maximum absolute atomic E-state index is 11.6. The topological polar surface area (TPSA) is 61.8 Å². The Morgan fingerprint density at radius 3 is 2.78 bits per heavy atom. The van der Waals surface area contributed by atoms with Crippen molar-refractivity contribution in [2.24, 2.45) is 0 Å². The molecule has 1 aliphatic rings. The van der Waals surface area contributed by atoms with Crippen LogP contribution < -0.4 is 9.47 Å². The molecule has 0 saturated heterocycles. The van der Waals surface area contributed by atoms with E-state index in [9.17, 15) is 9.59 Å². The average Bonchev–Trinajstić information content (AvgIpc) is 2.54. The van der Waals surface area contributed by atoms with E-state index in [1.165, 1.54) is 14.2 Å². The van der Waals surface area contributed by atoms with Crippen molar-refractivity contribution in [3.63, 3.8) is 0 Å². The van der Waals surface area contributed by atoms with Crippen LogP contribution in [0.3, 0.4) is 0 Å². The van der Waals surface area contributed by atoms with Gasteiger partial charge in [-0.15, -0.1) is 0 Å². The van der Waals surface area contributed by atoms with Crippen molar-refractivity contribution in [3.05, 3.63) is 29.3 Å². The van der Waals surface area contributed by atoms with Gasteiger partial charge in [-0.2, -0.15) is 0 Å². The van der Waals surface area contributed by atoms with Crippen LogP contribution >= 0.6 is 0 Å². The Morgan fingerprint density at radius 1 is 1.33 bits per heavy atom. The minimum Gasteiger partial charge on any atom is -0.497 e. The summed E-state index contributed by atoms with van der Waals surface area (Å²) in [6, 6.07) is 5.04. The van der Waals surface area contributed by atoms with Crippen molar-refractivity contribution in [3.8, 4) is 11.5 Å². The lowest BCUT2D eigenvalue weighted by Crippen LogP contribution is -2.12. The number of ether oxygens (including phenoxy) is 3. The number of rotatable bonds is 2. The number of hydrogen-bond donors (Lipinski definition) is 0. The Balaban J connectivity index is 2.46. The lowest BCUT2D eigenvalue weighted by Gasteiger charge is -2.06. The van der Waals surface area contributed by atoms with Crippen molar-refractivity contribution in [1.82, 2.24) is 0 Å². The predicted molar refractivity (Wildman–Crippen MR) is 63.2 cm³/mol. The summed E-state index contributed by atoms with van der Waals surface area (Å²) >= 11 is 0. The van der Waals surface area contributed by atoms with Crippen LogP contribution in [-0.4, -0.2) is 26.2 Å². The molecule has 1 aliphatic heterocycles. The third-order valence-electron chi connectivity index (χ3n) is 2.56. The van der Waals surface area contributed by atoms with Crippen LogP contribution in [0.15, 0.2) is 23.8 Å². The zero-order valence-electron chi connectivity index (χ0n) is 10.1. The van der Waals surface area contributed by atoms with E-state index in [1.54, 1.807) is 24.3 Å². The summed E-state index contributed by atoms with van der Waals surface area (Å²) in [7, 11) is 2.80. The Labute approximate surface area is 104 Å². The molecule has 0 radical (unpaired) electrons. The highest BCUT2D eigenvalue weighted by atomic mass is 16.5. The molecule has 0 atom stereocenters. The van der Waals surface area contributed by atoms with Crippen LogP contribution in [0.5, 0.6) is 11.5 Å². The summed E-state index contributed by atoms with van der Waals surface area (Å²) in [5.41, 5.74) is 0.911. The molecule has 1 aromatic carbocycles. The molecule has 18 heavy (non-hydrogen) atoms. The van der Waals surface area contributed by atoms with E-state index >= 15 is 0 Å². The number of methoxy groups -OCH3 is 2. The maximum Gasteiger partial charge on any atom is 0.334 e. The van der Waals surface area contributed by atoms with Crippen molar-refractivity contribution in [2.45, 2.75) is 6.42 Å². The van der Waals surface area contributed by atoms with Crippen molar-refractivity contribution >= 4 is 18.0 Å². The molecule has 0 aromatic heterocycles. The van der Waals surface area contributed by atoms with Gasteiger partial charge in [-0.3, -0.25) is 4.79 Å². The molecule has 1 aromatic rings. The number of carbonyl (C=O) groups excluding carboxylic acids is 2. The van der Waals surface area contributed by atoms with Crippen LogP contribution in [0.25, 0.3) is 6.08 Å². The molecule has 0 amide bonds. The second-order valence-electron chi connectivity index (χ2n) is 3.72. The smallest absolute Gasteiger partial charge is 0.334 e. The van der Waals surface area contributed by atoms with Gasteiger partial charge < -0.3 is 14.2 Å². The molecule has 2 rings (SSSR count). The summed E-state index contributed by atoms with van der Waals surface area (Å²) in [6.07, 6.45) is 1.48. The van der Waals surface area contributed by atoms with Gasteiger partial charge in [0.1, 0.15) is 11.5 Å². The first kappa shape index (κ1) is 12.2. The largest absolute Gasteiger partial charge is 0.497 e. The summed E-state index contributed by atoms with van der Waals surface area (Å²) in [6.45, 7) is 0. The van der Waals surface area contributed by atoms with E-state index < -0.39 is 11.9 Å². The summed E-state index contributed by atoms with van der Waals surface area (Å²) in [4.78, 5) is 23.0. The van der Waals surface area contributed by atoms with Crippen molar-refractivity contribution < 1.29 is 23.8 Å². The van der Waals surface area contributed by atoms with Crippen LogP contribution in [0.2, 0.25) is 0 Å². The lowest BCUT2D eigenvalue weighted by atomic mass is 10.1. The number of esters is 2. The van der Waals surface area contributed by atoms with E-state index in [2.05, 4.69) is 4.74 Å². The molecule has 0 unspecified atom stereocenters. The maximum atomic E-state index is 11.6. The van der Waals surface area contributed by atoms with Gasteiger partial charge in [-0.1, -0.05) is 0 Å². The van der Waals surface area contributed by atoms with Crippen molar-refractivity contribution in [1.29, 1.82) is 0 Å². The number of carbonyl (C=O) groups is 2. The van der Waals surface area contributed by atoms with Gasteiger partial charge in [0.15, 0.2) is 0 Å². The fraction of sp³-hybridized carbons (Fsp3) is 0.231. The molecule has 0 saturated carbocycles. The highest BCUT2D eigenvalue weighted by Crippen LogP contribution is 2.30. The van der Waals surface area contributed by atoms with Crippen LogP contribution in [0.4, 0.5) is 0 Å². The van der Waals surface area contributed by atoms with Crippen LogP contribution in [0, 0.1) is 0 Å². The van der Waals surface area contributed by atoms with E-state index in [0.29, 0.717) is 17.1 Å². The zero-order valence-corrected chi connectivity index (χ0v) is 10.1. The average molecular weight is 248 g/mol. The molecular weight excluding hydrogens is 236 g/mol. The fourth-order valence-corrected chi connectivity index (χ4v) is 1.66. The molecule has 5 heteroatoms. The number of fused-ring (bicyclic) bond motifs is 1. The van der Waals surface area contributed by atoms with Gasteiger partial charge in [-0.05, 0) is 18.2 Å². The van der Waals surface area contributed by atoms with Gasteiger partial charge in [0, 0.05) is 17.2 Å². The lowest BCUT2D eigenvalue weighted by molar-refractivity contribution is -0.139. The monoisotopic (exact) mass is 248 g/mol. The molecule has 0 fully saturated rings. The van der Waals surface area contributed by atoms with Gasteiger partial charge in [0.05, 0.1) is 20.6 Å². The van der Waals surface area contributed by atoms with Gasteiger partial charge in [0.25, 0.3) is 0 Å². The first-order valence-corrected chi connectivity index (χ1v) is 5.31. The summed E-state index contributed by atoms with van der Waals surface area (Å²) < 4.78 is 14.8. The minimum atomic E-state index is -0.532. The quantitative estimate of drug-likeness (QED) is 0.587. The molecule has 0 N–H and O–H groups in total. The van der Waals surface area contributed by atoms with Gasteiger partial charge >= 0.3 is 11.9 Å². The highest BCUT2D eigenvalue weighted by molar-refractivity contribution is 6.00. The number of benzene rings is 1. The summed E-state index contributed by atoms with van der Waals surface area (Å²) in [5, 5.41) is 0. The molecule has 1 heterocycles. The van der Waals surface area contributed by atoms with Gasteiger partial charge in [0.2, 0.25) is 0 Å². The third-order valence-corrected chi connectivity index (χ3v) is 2.56. The third kappa shape index (κ3) is 2.34. The Kier molecular flexibility index (Phi) is 3.32. The first-order valence-electron chi connectivity index (χ1n) is 5.31. The molecule has 94 valence electrons. The summed E-state index contributed by atoms with van der Waals surface area (Å²) in [5.74, 6) is -0.0796. The predicted octanol–water partition coefficient (Wildman–Crippen LogP) is 1.56. The Morgan fingerprint density at radius 2 is 2.11 bits per heavy atom. The van der Waals surface area contributed by atoms with Crippen molar-refractivity contribution in [2.75, 3.05) is 14.2 Å². The molecular formula is C13H12O5. The SMILES string of the molecule is COC(=O)C1=Cc2ccc(OC)cc2OC(=O)C1. The molecule has 0 spiro atoms. The first-order chi connectivity index (χ1) is 8.63. The zero-order chi connectivity index (χ0) is 13.1. The van der Waals surface area contributed by atoms with Gasteiger partial charge in [-0.25, -0.2) is 4.79 Å². The standard InChI is InChI=1S/C13H12O5/c1-16-10-4-3-8-5-9(13(15)17-2)6-12(14)18-11(8)7-10/h3-5,7H,6H2,1-2H3. The van der Waals surface area contributed by atoms with Crippen LogP contribution in [-0.2, 0) is 14.3 Å². The molecule has 0 aliphatic carbocycles. The number of hydrogen-bond acceptors (Lipinski definition) is 5. The highest BCUT2D eigenvalue weighted by Gasteiger charge is 2.21. The Hall–Kier alpha value is -2.30.